The number of amides is 1. The number of rotatable bonds is 10. The largest absolute Gasteiger partial charge is 0.480 e. The first kappa shape index (κ1) is 17.6. The lowest BCUT2D eigenvalue weighted by Gasteiger charge is -2.13. The fourth-order valence-corrected chi connectivity index (χ4v) is 2.75. The summed E-state index contributed by atoms with van der Waals surface area (Å²) in [6.07, 6.45) is 3.34. The van der Waals surface area contributed by atoms with Crippen LogP contribution in [0.25, 0.3) is 0 Å². The predicted molar refractivity (Wildman–Crippen MR) is 85.5 cm³/mol. The number of nitrogens with one attached hydrogen (secondary N) is 1. The van der Waals surface area contributed by atoms with Gasteiger partial charge in [0.05, 0.1) is 0 Å². The Kier molecular flexibility index (Phi) is 8.59. The monoisotopic (exact) mass is 309 g/mol. The second-order valence-electron chi connectivity index (χ2n) is 4.87. The Bertz CT molecular complexity index is 436. The van der Waals surface area contributed by atoms with Crippen molar-refractivity contribution in [3.63, 3.8) is 0 Å². The van der Waals surface area contributed by atoms with Gasteiger partial charge in [0.15, 0.2) is 0 Å². The molecule has 1 rings (SSSR count). The summed E-state index contributed by atoms with van der Waals surface area (Å²) < 4.78 is 0. The third kappa shape index (κ3) is 7.75. The Morgan fingerprint density at radius 1 is 1.24 bits per heavy atom. The first-order valence-electron chi connectivity index (χ1n) is 7.33. The van der Waals surface area contributed by atoms with Crippen LogP contribution >= 0.6 is 11.8 Å². The minimum absolute atomic E-state index is 0.174. The van der Waals surface area contributed by atoms with Gasteiger partial charge in [-0.3, -0.25) is 4.79 Å². The van der Waals surface area contributed by atoms with E-state index in [4.69, 9.17) is 5.11 Å². The fraction of sp³-hybridized carbons (Fsp3) is 0.500. The summed E-state index contributed by atoms with van der Waals surface area (Å²) in [5, 5.41) is 11.7. The van der Waals surface area contributed by atoms with E-state index in [1.54, 1.807) is 11.8 Å². The highest BCUT2D eigenvalue weighted by atomic mass is 32.2. The maximum absolute atomic E-state index is 11.7. The van der Waals surface area contributed by atoms with Crippen LogP contribution in [0.4, 0.5) is 0 Å². The molecule has 0 saturated heterocycles. The summed E-state index contributed by atoms with van der Waals surface area (Å²) in [5.41, 5.74) is 0. The number of hydrogen-bond donors (Lipinski definition) is 2. The van der Waals surface area contributed by atoms with E-state index >= 15 is 0 Å². The molecule has 5 heteroatoms. The second kappa shape index (κ2) is 10.3. The lowest BCUT2D eigenvalue weighted by Crippen LogP contribution is -2.40. The topological polar surface area (TPSA) is 66.4 Å². The Hall–Kier alpha value is -1.49. The smallest absolute Gasteiger partial charge is 0.326 e. The van der Waals surface area contributed by atoms with Crippen molar-refractivity contribution < 1.29 is 14.7 Å². The average molecular weight is 309 g/mol. The van der Waals surface area contributed by atoms with Gasteiger partial charge in [-0.25, -0.2) is 4.79 Å². The maximum Gasteiger partial charge on any atom is 0.326 e. The highest BCUT2D eigenvalue weighted by Crippen LogP contribution is 2.18. The van der Waals surface area contributed by atoms with Crippen LogP contribution in [0.1, 0.15) is 39.0 Å². The molecule has 0 fully saturated rings. The molecule has 1 atom stereocenters. The Morgan fingerprint density at radius 3 is 2.57 bits per heavy atom. The number of carbonyl (C=O) groups excluding carboxylic acids is 1. The van der Waals surface area contributed by atoms with Crippen LogP contribution in [0, 0.1) is 0 Å². The van der Waals surface area contributed by atoms with E-state index in [9.17, 15) is 9.59 Å². The van der Waals surface area contributed by atoms with E-state index in [0.29, 0.717) is 12.8 Å². The molecule has 116 valence electrons. The van der Waals surface area contributed by atoms with Crippen molar-refractivity contribution >= 4 is 23.6 Å². The zero-order chi connectivity index (χ0) is 15.5. The quantitative estimate of drug-likeness (QED) is 0.514. The number of aliphatic carboxylic acids is 1. The number of hydrogen-bond acceptors (Lipinski definition) is 3. The van der Waals surface area contributed by atoms with Gasteiger partial charge in [-0.1, -0.05) is 38.0 Å². The third-order valence-electron chi connectivity index (χ3n) is 3.04. The normalized spacial score (nSPS) is 11.9. The van der Waals surface area contributed by atoms with Crippen molar-refractivity contribution in [2.75, 3.05) is 5.75 Å². The Balaban J connectivity index is 2.21. The summed E-state index contributed by atoms with van der Waals surface area (Å²) in [4.78, 5) is 24.0. The number of carboxylic acid groups (broad SMARTS) is 1. The molecule has 0 saturated carbocycles. The van der Waals surface area contributed by atoms with E-state index in [2.05, 4.69) is 5.32 Å². The number of benzene rings is 1. The van der Waals surface area contributed by atoms with E-state index in [-0.39, 0.29) is 5.91 Å². The third-order valence-corrected chi connectivity index (χ3v) is 4.14. The molecular formula is C16H23NO3S. The van der Waals surface area contributed by atoms with E-state index in [0.717, 1.165) is 25.0 Å². The zero-order valence-corrected chi connectivity index (χ0v) is 13.2. The number of carbonyl (C=O) groups is 2. The van der Waals surface area contributed by atoms with Gasteiger partial charge in [0.1, 0.15) is 6.04 Å². The van der Waals surface area contributed by atoms with Crippen LogP contribution in [0.3, 0.4) is 0 Å². The van der Waals surface area contributed by atoms with E-state index in [1.165, 1.54) is 4.90 Å². The molecular weight excluding hydrogens is 286 g/mol. The molecule has 0 aliphatic heterocycles. The molecule has 0 radical (unpaired) electrons. The number of carboxylic acids is 1. The Morgan fingerprint density at radius 2 is 1.95 bits per heavy atom. The molecule has 0 aliphatic rings. The minimum atomic E-state index is -0.949. The van der Waals surface area contributed by atoms with Gasteiger partial charge in [-0.15, -0.1) is 11.8 Å². The van der Waals surface area contributed by atoms with Crippen molar-refractivity contribution in [1.29, 1.82) is 0 Å². The number of thioether (sulfide) groups is 1. The summed E-state index contributed by atoms with van der Waals surface area (Å²) in [6, 6.07) is 9.27. The molecule has 1 unspecified atom stereocenters. The maximum atomic E-state index is 11.7. The van der Waals surface area contributed by atoms with Gasteiger partial charge in [-0.05, 0) is 30.7 Å². The van der Waals surface area contributed by atoms with Gasteiger partial charge in [0.25, 0.3) is 0 Å². The molecule has 0 spiro atoms. The highest BCUT2D eigenvalue weighted by molar-refractivity contribution is 7.99. The summed E-state index contributed by atoms with van der Waals surface area (Å²) in [7, 11) is 0. The van der Waals surface area contributed by atoms with Crippen LogP contribution in [0.15, 0.2) is 35.2 Å². The van der Waals surface area contributed by atoms with Crippen molar-refractivity contribution in [2.24, 2.45) is 0 Å². The van der Waals surface area contributed by atoms with Crippen LogP contribution in [0.5, 0.6) is 0 Å². The van der Waals surface area contributed by atoms with Gasteiger partial charge in [0.2, 0.25) is 5.91 Å². The zero-order valence-electron chi connectivity index (χ0n) is 12.4. The van der Waals surface area contributed by atoms with Gasteiger partial charge in [-0.2, -0.15) is 0 Å². The molecule has 2 N–H and O–H groups in total. The van der Waals surface area contributed by atoms with E-state index in [1.807, 2.05) is 37.3 Å². The first-order valence-corrected chi connectivity index (χ1v) is 8.32. The standard InChI is InChI=1S/C16H23NO3S/c1-2-3-10-14(16(19)20)17-15(18)11-7-12-21-13-8-5-4-6-9-13/h4-6,8-9,14H,2-3,7,10-12H2,1H3,(H,17,18)(H,19,20). The lowest BCUT2D eigenvalue weighted by molar-refractivity contribution is -0.142. The van der Waals surface area contributed by atoms with Crippen molar-refractivity contribution in [1.82, 2.24) is 5.32 Å². The van der Waals surface area contributed by atoms with Crippen LogP contribution in [-0.4, -0.2) is 28.8 Å². The molecule has 21 heavy (non-hydrogen) atoms. The molecule has 0 heterocycles. The van der Waals surface area contributed by atoms with E-state index < -0.39 is 12.0 Å². The predicted octanol–water partition coefficient (Wildman–Crippen LogP) is 3.32. The van der Waals surface area contributed by atoms with Crippen LogP contribution < -0.4 is 5.32 Å². The molecule has 1 amide bonds. The Labute approximate surface area is 130 Å². The van der Waals surface area contributed by atoms with Crippen LogP contribution in [0.2, 0.25) is 0 Å². The molecule has 4 nitrogen and oxygen atoms in total. The molecule has 1 aromatic carbocycles. The molecule has 0 aliphatic carbocycles. The highest BCUT2D eigenvalue weighted by Gasteiger charge is 2.18. The molecule has 0 aromatic heterocycles. The van der Waals surface area contributed by atoms with Gasteiger partial charge < -0.3 is 10.4 Å². The van der Waals surface area contributed by atoms with Gasteiger partial charge in [0, 0.05) is 11.3 Å². The SMILES string of the molecule is CCCCC(NC(=O)CCCSc1ccccc1)C(=O)O. The fourth-order valence-electron chi connectivity index (χ4n) is 1.87. The van der Waals surface area contributed by atoms with Crippen molar-refractivity contribution in [3.8, 4) is 0 Å². The minimum Gasteiger partial charge on any atom is -0.480 e. The van der Waals surface area contributed by atoms with Gasteiger partial charge >= 0.3 is 5.97 Å². The average Bonchev–Trinajstić information content (AvgIpc) is 2.48. The lowest BCUT2D eigenvalue weighted by atomic mass is 10.1. The summed E-state index contributed by atoms with van der Waals surface area (Å²) >= 11 is 1.71. The number of unbranched alkanes of at least 4 members (excludes halogenated alkanes) is 1. The van der Waals surface area contributed by atoms with Crippen molar-refractivity contribution in [3.05, 3.63) is 30.3 Å². The summed E-state index contributed by atoms with van der Waals surface area (Å²) in [6.45, 7) is 2.00. The second-order valence-corrected chi connectivity index (χ2v) is 6.03. The molecule has 1 aromatic rings. The summed E-state index contributed by atoms with van der Waals surface area (Å²) in [5.74, 6) is -0.271. The van der Waals surface area contributed by atoms with Crippen molar-refractivity contribution in [2.45, 2.75) is 50.0 Å². The first-order chi connectivity index (χ1) is 10.1. The molecule has 0 bridgehead atoms. The van der Waals surface area contributed by atoms with Crippen LogP contribution in [-0.2, 0) is 9.59 Å².